The van der Waals surface area contributed by atoms with Gasteiger partial charge in [-0.2, -0.15) is 0 Å². The highest BCUT2D eigenvalue weighted by Crippen LogP contribution is 2.33. The van der Waals surface area contributed by atoms with Gasteiger partial charge in [0.15, 0.2) is 0 Å². The summed E-state index contributed by atoms with van der Waals surface area (Å²) in [6.07, 6.45) is 3.11. The van der Waals surface area contributed by atoms with Gasteiger partial charge < -0.3 is 5.32 Å². The molecule has 3 nitrogen and oxygen atoms in total. The fraction of sp³-hybridized carbons (Fsp3) is 0.385. The second-order valence-electron chi connectivity index (χ2n) is 3.90. The molecule has 1 N–H and O–H groups in total. The molecule has 5 heteroatoms. The van der Waals surface area contributed by atoms with Crippen molar-refractivity contribution in [1.29, 1.82) is 0 Å². The van der Waals surface area contributed by atoms with E-state index < -0.39 is 0 Å². The summed E-state index contributed by atoms with van der Waals surface area (Å²) < 4.78 is 0. The molecule has 0 spiro atoms. The zero-order valence-electron chi connectivity index (χ0n) is 10.8. The van der Waals surface area contributed by atoms with Crippen LogP contribution in [0.1, 0.15) is 24.4 Å². The van der Waals surface area contributed by atoms with E-state index in [0.717, 1.165) is 16.4 Å². The van der Waals surface area contributed by atoms with Gasteiger partial charge in [-0.15, -0.1) is 22.0 Å². The van der Waals surface area contributed by atoms with Gasteiger partial charge in [-0.1, -0.05) is 36.5 Å². The summed E-state index contributed by atoms with van der Waals surface area (Å²) in [7, 11) is 1.96. The molecular formula is C13H17N3S2. The Morgan fingerprint density at radius 2 is 2.11 bits per heavy atom. The van der Waals surface area contributed by atoms with Crippen LogP contribution in [0, 0.1) is 0 Å². The Labute approximate surface area is 116 Å². The van der Waals surface area contributed by atoms with E-state index in [4.69, 9.17) is 0 Å². The first-order valence-electron chi connectivity index (χ1n) is 5.94. The van der Waals surface area contributed by atoms with Crippen LogP contribution in [0.3, 0.4) is 0 Å². The van der Waals surface area contributed by atoms with E-state index in [0.29, 0.717) is 6.04 Å². The van der Waals surface area contributed by atoms with E-state index in [-0.39, 0.29) is 0 Å². The molecule has 0 saturated heterocycles. The molecule has 0 aliphatic rings. The number of nitrogens with zero attached hydrogens (tertiary/aromatic N) is 2. The number of thioether (sulfide) groups is 1. The first-order valence-corrected chi connectivity index (χ1v) is 7.98. The summed E-state index contributed by atoms with van der Waals surface area (Å²) in [6.45, 7) is 2.15. The molecule has 0 aliphatic heterocycles. The van der Waals surface area contributed by atoms with Gasteiger partial charge in [-0.3, -0.25) is 0 Å². The number of benzene rings is 1. The molecule has 96 valence electrons. The van der Waals surface area contributed by atoms with E-state index in [1.807, 2.05) is 13.1 Å². The van der Waals surface area contributed by atoms with Crippen LogP contribution in [0.15, 0.2) is 29.2 Å². The summed E-state index contributed by atoms with van der Waals surface area (Å²) in [4.78, 5) is 1.25. The average molecular weight is 279 g/mol. The lowest BCUT2D eigenvalue weighted by Gasteiger charge is -2.08. The molecule has 1 aromatic heterocycles. The summed E-state index contributed by atoms with van der Waals surface area (Å²) in [5.74, 6) is 0. The zero-order chi connectivity index (χ0) is 13.0. The Hall–Kier alpha value is -0.910. The molecule has 1 aromatic carbocycles. The number of hydrogen-bond donors (Lipinski definition) is 1. The molecule has 2 rings (SSSR count). The van der Waals surface area contributed by atoms with Crippen LogP contribution in [0.2, 0.25) is 0 Å². The average Bonchev–Trinajstić information content (AvgIpc) is 2.89. The summed E-state index contributed by atoms with van der Waals surface area (Å²) >= 11 is 3.42. The van der Waals surface area contributed by atoms with Crippen LogP contribution in [-0.4, -0.2) is 23.5 Å². The van der Waals surface area contributed by atoms with E-state index in [2.05, 4.69) is 46.9 Å². The lowest BCUT2D eigenvalue weighted by atomic mass is 10.2. The van der Waals surface area contributed by atoms with Crippen LogP contribution in [0.4, 0.5) is 0 Å². The van der Waals surface area contributed by atoms with Gasteiger partial charge in [-0.05, 0) is 25.8 Å². The van der Waals surface area contributed by atoms with Crippen LogP contribution in [0.25, 0.3) is 10.6 Å². The Kier molecular flexibility index (Phi) is 4.74. The van der Waals surface area contributed by atoms with Gasteiger partial charge in [-0.25, -0.2) is 0 Å². The fourth-order valence-electron chi connectivity index (χ4n) is 1.81. The largest absolute Gasteiger partial charge is 0.311 e. The number of nitrogens with one attached hydrogen (secondary N) is 1. The van der Waals surface area contributed by atoms with Crippen LogP contribution in [-0.2, 0) is 0 Å². The quantitative estimate of drug-likeness (QED) is 0.849. The Morgan fingerprint density at radius 3 is 2.78 bits per heavy atom. The van der Waals surface area contributed by atoms with Crippen molar-refractivity contribution in [1.82, 2.24) is 15.5 Å². The SMILES string of the molecule is CCC(NC)c1nnc(-c2ccccc2SC)s1. The third kappa shape index (κ3) is 2.74. The lowest BCUT2D eigenvalue weighted by Crippen LogP contribution is -2.14. The minimum Gasteiger partial charge on any atom is -0.311 e. The van der Waals surface area contributed by atoms with E-state index in [1.54, 1.807) is 23.1 Å². The zero-order valence-corrected chi connectivity index (χ0v) is 12.4. The molecule has 0 saturated carbocycles. The first-order chi connectivity index (χ1) is 8.80. The smallest absolute Gasteiger partial charge is 0.148 e. The highest BCUT2D eigenvalue weighted by atomic mass is 32.2. The monoisotopic (exact) mass is 279 g/mol. The molecular weight excluding hydrogens is 262 g/mol. The number of rotatable bonds is 5. The van der Waals surface area contributed by atoms with Crippen LogP contribution >= 0.6 is 23.1 Å². The van der Waals surface area contributed by atoms with Gasteiger partial charge in [0.1, 0.15) is 10.0 Å². The Bertz CT molecular complexity index is 506. The molecule has 18 heavy (non-hydrogen) atoms. The molecule has 0 bridgehead atoms. The maximum Gasteiger partial charge on any atom is 0.148 e. The first kappa shape index (κ1) is 13.5. The Morgan fingerprint density at radius 1 is 1.33 bits per heavy atom. The number of hydrogen-bond acceptors (Lipinski definition) is 5. The third-order valence-corrected chi connectivity index (χ3v) is 4.70. The summed E-state index contributed by atoms with van der Waals surface area (Å²) in [6, 6.07) is 8.63. The van der Waals surface area contributed by atoms with Crippen molar-refractivity contribution in [2.24, 2.45) is 0 Å². The maximum atomic E-state index is 4.33. The van der Waals surface area contributed by atoms with E-state index >= 15 is 0 Å². The minimum atomic E-state index is 0.303. The molecule has 2 aromatic rings. The maximum absolute atomic E-state index is 4.33. The summed E-state index contributed by atoms with van der Waals surface area (Å²) in [5, 5.41) is 14.0. The summed E-state index contributed by atoms with van der Waals surface area (Å²) in [5.41, 5.74) is 1.18. The predicted octanol–water partition coefficient (Wildman–Crippen LogP) is 3.60. The van der Waals surface area contributed by atoms with E-state index in [9.17, 15) is 0 Å². The van der Waals surface area contributed by atoms with Crippen LogP contribution < -0.4 is 5.32 Å². The predicted molar refractivity (Wildman–Crippen MR) is 79.2 cm³/mol. The van der Waals surface area contributed by atoms with Crippen molar-refractivity contribution in [3.63, 3.8) is 0 Å². The van der Waals surface area contributed by atoms with E-state index in [1.165, 1.54) is 10.5 Å². The van der Waals surface area contributed by atoms with Crippen molar-refractivity contribution in [3.05, 3.63) is 29.3 Å². The van der Waals surface area contributed by atoms with Crippen molar-refractivity contribution >= 4 is 23.1 Å². The van der Waals surface area contributed by atoms with Crippen molar-refractivity contribution in [2.75, 3.05) is 13.3 Å². The highest BCUT2D eigenvalue weighted by molar-refractivity contribution is 7.98. The third-order valence-electron chi connectivity index (χ3n) is 2.83. The topological polar surface area (TPSA) is 37.8 Å². The second kappa shape index (κ2) is 6.31. The molecule has 1 atom stereocenters. The second-order valence-corrected chi connectivity index (χ2v) is 5.75. The van der Waals surface area contributed by atoms with Gasteiger partial charge in [0.2, 0.25) is 0 Å². The normalized spacial score (nSPS) is 12.6. The molecule has 0 aliphatic carbocycles. The Balaban J connectivity index is 2.34. The molecule has 0 fully saturated rings. The fourth-order valence-corrected chi connectivity index (χ4v) is 3.55. The van der Waals surface area contributed by atoms with Crippen molar-refractivity contribution in [3.8, 4) is 10.6 Å². The minimum absolute atomic E-state index is 0.303. The standard InChI is InChI=1S/C13H17N3S2/c1-4-10(14-2)13-16-15-12(18-13)9-7-5-6-8-11(9)17-3/h5-8,10,14H,4H2,1-3H3. The van der Waals surface area contributed by atoms with Gasteiger partial charge in [0.25, 0.3) is 0 Å². The van der Waals surface area contributed by atoms with Gasteiger partial charge >= 0.3 is 0 Å². The molecule has 0 amide bonds. The van der Waals surface area contributed by atoms with Gasteiger partial charge in [0, 0.05) is 10.5 Å². The lowest BCUT2D eigenvalue weighted by molar-refractivity contribution is 0.568. The van der Waals surface area contributed by atoms with Crippen molar-refractivity contribution in [2.45, 2.75) is 24.3 Å². The van der Waals surface area contributed by atoms with Crippen molar-refractivity contribution < 1.29 is 0 Å². The number of aromatic nitrogens is 2. The van der Waals surface area contributed by atoms with Crippen LogP contribution in [0.5, 0.6) is 0 Å². The highest BCUT2D eigenvalue weighted by Gasteiger charge is 2.15. The molecule has 0 radical (unpaired) electrons. The molecule has 1 unspecified atom stereocenters. The van der Waals surface area contributed by atoms with Gasteiger partial charge in [0.05, 0.1) is 6.04 Å². The molecule has 1 heterocycles.